The van der Waals surface area contributed by atoms with E-state index >= 15 is 0 Å². The van der Waals surface area contributed by atoms with Crippen LogP contribution in [0.4, 0.5) is 0 Å². The van der Waals surface area contributed by atoms with Crippen LogP contribution in [0.1, 0.15) is 26.2 Å². The Balaban J connectivity index is 1.97. The first-order chi connectivity index (χ1) is 10.2. The minimum atomic E-state index is 0.0123. The van der Waals surface area contributed by atoms with E-state index in [0.717, 1.165) is 11.3 Å². The second kappa shape index (κ2) is 7.47. The molecule has 0 radical (unpaired) electrons. The molecule has 5 nitrogen and oxygen atoms in total. The van der Waals surface area contributed by atoms with Gasteiger partial charge in [0.25, 0.3) is 0 Å². The number of carbonyl (C=O) groups excluding carboxylic acids is 1. The van der Waals surface area contributed by atoms with Crippen molar-refractivity contribution < 1.29 is 13.9 Å². The van der Waals surface area contributed by atoms with Crippen LogP contribution in [0.2, 0.25) is 0 Å². The number of rotatable bonds is 7. The van der Waals surface area contributed by atoms with Crippen molar-refractivity contribution in [2.75, 3.05) is 13.2 Å². The summed E-state index contributed by atoms with van der Waals surface area (Å²) in [6.45, 7) is 5.13. The molecule has 0 aliphatic heterocycles. The van der Waals surface area contributed by atoms with E-state index in [9.17, 15) is 4.79 Å². The number of aryl methyl sites for hydroxylation is 1. The number of oxazole rings is 1. The van der Waals surface area contributed by atoms with E-state index in [1.807, 2.05) is 38.1 Å². The van der Waals surface area contributed by atoms with Gasteiger partial charge < -0.3 is 14.5 Å². The molecule has 0 atom stereocenters. The van der Waals surface area contributed by atoms with E-state index in [-0.39, 0.29) is 5.91 Å². The van der Waals surface area contributed by atoms with Gasteiger partial charge in [0.05, 0.1) is 12.8 Å². The van der Waals surface area contributed by atoms with Gasteiger partial charge in [0.2, 0.25) is 5.91 Å². The van der Waals surface area contributed by atoms with Crippen molar-refractivity contribution >= 4 is 5.91 Å². The molecule has 1 heterocycles. The fraction of sp³-hybridized carbons (Fsp3) is 0.375. The third-order valence-corrected chi connectivity index (χ3v) is 2.94. The van der Waals surface area contributed by atoms with Crippen molar-refractivity contribution in [3.8, 4) is 17.1 Å². The van der Waals surface area contributed by atoms with Gasteiger partial charge in [0.15, 0.2) is 11.7 Å². The summed E-state index contributed by atoms with van der Waals surface area (Å²) in [5, 5.41) is 2.75. The lowest BCUT2D eigenvalue weighted by Gasteiger charge is -2.03. The smallest absolute Gasteiger partial charge is 0.220 e. The van der Waals surface area contributed by atoms with E-state index in [2.05, 4.69) is 10.3 Å². The Hall–Kier alpha value is -2.30. The average molecular weight is 288 g/mol. The van der Waals surface area contributed by atoms with Gasteiger partial charge in [0.1, 0.15) is 5.75 Å². The molecule has 1 N–H and O–H groups in total. The first-order valence-electron chi connectivity index (χ1n) is 7.17. The van der Waals surface area contributed by atoms with Crippen molar-refractivity contribution in [2.24, 2.45) is 0 Å². The summed E-state index contributed by atoms with van der Waals surface area (Å²) in [5.41, 5.74) is 0.940. The second-order valence-corrected chi connectivity index (χ2v) is 4.53. The molecule has 0 fully saturated rings. The average Bonchev–Trinajstić information content (AvgIpc) is 2.95. The van der Waals surface area contributed by atoms with Crippen LogP contribution in [-0.4, -0.2) is 24.0 Å². The number of nitrogens with zero attached hydrogens (tertiary/aromatic N) is 1. The molecule has 0 saturated heterocycles. The molecule has 0 aliphatic rings. The van der Waals surface area contributed by atoms with Crippen LogP contribution < -0.4 is 10.1 Å². The van der Waals surface area contributed by atoms with Crippen LogP contribution in [0, 0.1) is 0 Å². The number of amides is 1. The minimum absolute atomic E-state index is 0.0123. The molecular formula is C16H20N2O3. The third-order valence-electron chi connectivity index (χ3n) is 2.94. The van der Waals surface area contributed by atoms with E-state index in [1.165, 1.54) is 0 Å². The Kier molecular flexibility index (Phi) is 5.37. The number of hydrogen-bond donors (Lipinski definition) is 1. The molecule has 2 aromatic rings. The van der Waals surface area contributed by atoms with E-state index in [1.54, 1.807) is 6.20 Å². The minimum Gasteiger partial charge on any atom is -0.494 e. The quantitative estimate of drug-likeness (QED) is 0.851. The molecule has 0 bridgehead atoms. The highest BCUT2D eigenvalue weighted by Crippen LogP contribution is 2.23. The molecule has 0 unspecified atom stereocenters. The van der Waals surface area contributed by atoms with Gasteiger partial charge in [-0.2, -0.15) is 0 Å². The fourth-order valence-corrected chi connectivity index (χ4v) is 1.95. The van der Waals surface area contributed by atoms with Crippen LogP contribution >= 0.6 is 0 Å². The van der Waals surface area contributed by atoms with Crippen LogP contribution in [0.15, 0.2) is 34.9 Å². The number of benzene rings is 1. The third kappa shape index (κ3) is 4.34. The van der Waals surface area contributed by atoms with Gasteiger partial charge in [-0.25, -0.2) is 4.98 Å². The predicted molar refractivity (Wildman–Crippen MR) is 80.1 cm³/mol. The van der Waals surface area contributed by atoms with E-state index in [0.29, 0.717) is 37.6 Å². The van der Waals surface area contributed by atoms with Gasteiger partial charge in [-0.15, -0.1) is 0 Å². The largest absolute Gasteiger partial charge is 0.494 e. The SMILES string of the molecule is CCNC(=O)CCc1ncc(-c2ccc(OCC)cc2)o1. The van der Waals surface area contributed by atoms with Crippen LogP contribution in [0.25, 0.3) is 11.3 Å². The Labute approximate surface area is 124 Å². The lowest BCUT2D eigenvalue weighted by molar-refractivity contribution is -0.121. The van der Waals surface area contributed by atoms with E-state index in [4.69, 9.17) is 9.15 Å². The highest BCUT2D eigenvalue weighted by molar-refractivity contribution is 5.75. The second-order valence-electron chi connectivity index (χ2n) is 4.53. The summed E-state index contributed by atoms with van der Waals surface area (Å²) in [4.78, 5) is 15.6. The molecule has 1 amide bonds. The predicted octanol–water partition coefficient (Wildman–Crippen LogP) is 2.81. The summed E-state index contributed by atoms with van der Waals surface area (Å²) >= 11 is 0. The van der Waals surface area contributed by atoms with Crippen molar-refractivity contribution in [3.05, 3.63) is 36.4 Å². The highest BCUT2D eigenvalue weighted by Gasteiger charge is 2.08. The monoisotopic (exact) mass is 288 g/mol. The molecule has 0 spiro atoms. The standard InChI is InChI=1S/C16H20N2O3/c1-3-17-15(19)9-10-16-18-11-14(21-16)12-5-7-13(8-6-12)20-4-2/h5-8,11H,3-4,9-10H2,1-2H3,(H,17,19). The molecule has 2 rings (SSSR count). The van der Waals surface area contributed by atoms with Crippen molar-refractivity contribution in [1.29, 1.82) is 0 Å². The van der Waals surface area contributed by atoms with Crippen molar-refractivity contribution in [3.63, 3.8) is 0 Å². The molecule has 1 aromatic heterocycles. The van der Waals surface area contributed by atoms with Gasteiger partial charge in [-0.1, -0.05) is 0 Å². The lowest BCUT2D eigenvalue weighted by atomic mass is 10.2. The fourth-order valence-electron chi connectivity index (χ4n) is 1.95. The summed E-state index contributed by atoms with van der Waals surface area (Å²) in [5.74, 6) is 2.12. The Morgan fingerprint density at radius 1 is 1.29 bits per heavy atom. The highest BCUT2D eigenvalue weighted by atomic mass is 16.5. The van der Waals surface area contributed by atoms with Crippen molar-refractivity contribution in [1.82, 2.24) is 10.3 Å². The van der Waals surface area contributed by atoms with Crippen molar-refractivity contribution in [2.45, 2.75) is 26.7 Å². The number of aromatic nitrogens is 1. The summed E-state index contributed by atoms with van der Waals surface area (Å²) in [6.07, 6.45) is 2.57. The molecule has 5 heteroatoms. The number of nitrogens with one attached hydrogen (secondary N) is 1. The summed E-state index contributed by atoms with van der Waals surface area (Å²) in [6, 6.07) is 7.66. The first-order valence-corrected chi connectivity index (χ1v) is 7.17. The maximum atomic E-state index is 11.4. The Bertz CT molecular complexity index is 575. The molecule has 112 valence electrons. The first kappa shape index (κ1) is 15.1. The molecule has 0 aliphatic carbocycles. The zero-order valence-electron chi connectivity index (χ0n) is 12.4. The number of ether oxygens (including phenoxy) is 1. The zero-order chi connectivity index (χ0) is 15.1. The van der Waals surface area contributed by atoms with Crippen LogP contribution in [0.3, 0.4) is 0 Å². The van der Waals surface area contributed by atoms with Gasteiger partial charge >= 0.3 is 0 Å². The molecule has 21 heavy (non-hydrogen) atoms. The number of carbonyl (C=O) groups is 1. The molecule has 0 saturated carbocycles. The number of hydrogen-bond acceptors (Lipinski definition) is 4. The topological polar surface area (TPSA) is 64.4 Å². The van der Waals surface area contributed by atoms with E-state index < -0.39 is 0 Å². The maximum absolute atomic E-state index is 11.4. The van der Waals surface area contributed by atoms with Crippen LogP contribution in [-0.2, 0) is 11.2 Å². The Morgan fingerprint density at radius 3 is 2.71 bits per heavy atom. The normalized spacial score (nSPS) is 10.4. The van der Waals surface area contributed by atoms with Gasteiger partial charge in [0, 0.05) is 24.9 Å². The summed E-state index contributed by atoms with van der Waals surface area (Å²) in [7, 11) is 0. The maximum Gasteiger partial charge on any atom is 0.220 e. The molecule has 1 aromatic carbocycles. The molecular weight excluding hydrogens is 268 g/mol. The summed E-state index contributed by atoms with van der Waals surface area (Å²) < 4.78 is 11.1. The zero-order valence-corrected chi connectivity index (χ0v) is 12.4. The van der Waals surface area contributed by atoms with Crippen LogP contribution in [0.5, 0.6) is 5.75 Å². The Morgan fingerprint density at radius 2 is 2.05 bits per heavy atom. The van der Waals surface area contributed by atoms with Gasteiger partial charge in [-0.3, -0.25) is 4.79 Å². The lowest BCUT2D eigenvalue weighted by Crippen LogP contribution is -2.22. The van der Waals surface area contributed by atoms with Gasteiger partial charge in [-0.05, 0) is 38.1 Å².